The fourth-order valence-electron chi connectivity index (χ4n) is 2.94. The first-order valence-corrected chi connectivity index (χ1v) is 9.65. The SMILES string of the molecule is CCN1CCN(C2=NCCN2S(=O)(=O)c2ccccc2Cl)CC1. The van der Waals surface area contributed by atoms with Gasteiger partial charge >= 0.3 is 0 Å². The summed E-state index contributed by atoms with van der Waals surface area (Å²) in [7, 11) is -3.67. The molecule has 0 unspecified atom stereocenters. The van der Waals surface area contributed by atoms with E-state index in [0.717, 1.165) is 32.7 Å². The Morgan fingerprint density at radius 3 is 2.48 bits per heavy atom. The van der Waals surface area contributed by atoms with Crippen molar-refractivity contribution in [1.29, 1.82) is 0 Å². The van der Waals surface area contributed by atoms with Crippen LogP contribution in [0.3, 0.4) is 0 Å². The van der Waals surface area contributed by atoms with E-state index in [1.54, 1.807) is 24.3 Å². The quantitative estimate of drug-likeness (QED) is 0.820. The second-order valence-electron chi connectivity index (χ2n) is 5.61. The molecule has 0 aliphatic carbocycles. The van der Waals surface area contributed by atoms with Crippen LogP contribution in [0, 0.1) is 0 Å². The van der Waals surface area contributed by atoms with Crippen LogP contribution in [0.2, 0.25) is 5.02 Å². The minimum absolute atomic E-state index is 0.142. The molecule has 23 heavy (non-hydrogen) atoms. The van der Waals surface area contributed by atoms with Crippen molar-refractivity contribution < 1.29 is 8.42 Å². The molecule has 1 fully saturated rings. The predicted octanol–water partition coefficient (Wildman–Crippen LogP) is 1.34. The van der Waals surface area contributed by atoms with Gasteiger partial charge in [-0.25, -0.2) is 12.7 Å². The summed E-state index contributed by atoms with van der Waals surface area (Å²) in [5.41, 5.74) is 0. The van der Waals surface area contributed by atoms with Crippen molar-refractivity contribution in [2.24, 2.45) is 4.99 Å². The summed E-state index contributed by atoms with van der Waals surface area (Å²) in [6.07, 6.45) is 0. The number of benzene rings is 1. The first-order valence-electron chi connectivity index (χ1n) is 7.83. The molecule has 0 atom stereocenters. The van der Waals surface area contributed by atoms with Crippen LogP contribution in [0.1, 0.15) is 6.92 Å². The second-order valence-corrected chi connectivity index (χ2v) is 7.85. The zero-order valence-electron chi connectivity index (χ0n) is 13.2. The van der Waals surface area contributed by atoms with Crippen LogP contribution in [-0.2, 0) is 10.0 Å². The number of piperazine rings is 1. The number of hydrogen-bond donors (Lipinski definition) is 0. The van der Waals surface area contributed by atoms with Crippen molar-refractivity contribution in [2.45, 2.75) is 11.8 Å². The fraction of sp³-hybridized carbons (Fsp3) is 0.533. The summed E-state index contributed by atoms with van der Waals surface area (Å²) in [6, 6.07) is 6.56. The normalized spacial score (nSPS) is 20.0. The van der Waals surface area contributed by atoms with E-state index < -0.39 is 10.0 Å². The van der Waals surface area contributed by atoms with E-state index in [9.17, 15) is 8.42 Å². The molecule has 0 amide bonds. The van der Waals surface area contributed by atoms with Crippen molar-refractivity contribution in [1.82, 2.24) is 14.1 Å². The number of likely N-dealkylation sites (N-methyl/N-ethyl adjacent to an activating group) is 1. The lowest BCUT2D eigenvalue weighted by Crippen LogP contribution is -2.53. The van der Waals surface area contributed by atoms with Gasteiger partial charge in [0.25, 0.3) is 10.0 Å². The molecular formula is C15H21ClN4O2S. The Labute approximate surface area is 142 Å². The minimum Gasteiger partial charge on any atom is -0.339 e. The lowest BCUT2D eigenvalue weighted by molar-refractivity contribution is 0.184. The number of hydrogen-bond acceptors (Lipinski definition) is 5. The maximum atomic E-state index is 13.0. The van der Waals surface area contributed by atoms with Crippen LogP contribution in [0.25, 0.3) is 0 Å². The van der Waals surface area contributed by atoms with E-state index in [0.29, 0.717) is 19.0 Å². The van der Waals surface area contributed by atoms with Gasteiger partial charge < -0.3 is 9.80 Å². The smallest absolute Gasteiger partial charge is 0.268 e. The van der Waals surface area contributed by atoms with Crippen molar-refractivity contribution in [3.05, 3.63) is 29.3 Å². The summed E-state index contributed by atoms with van der Waals surface area (Å²) in [5, 5.41) is 0.245. The molecule has 3 rings (SSSR count). The average molecular weight is 357 g/mol. The average Bonchev–Trinajstić information content (AvgIpc) is 3.05. The molecule has 0 radical (unpaired) electrons. The Balaban J connectivity index is 1.83. The molecule has 0 N–H and O–H groups in total. The lowest BCUT2D eigenvalue weighted by atomic mass is 10.3. The van der Waals surface area contributed by atoms with Gasteiger partial charge in [0.05, 0.1) is 18.1 Å². The fourth-order valence-corrected chi connectivity index (χ4v) is 4.88. The number of nitrogens with zero attached hydrogens (tertiary/aromatic N) is 4. The van der Waals surface area contributed by atoms with E-state index >= 15 is 0 Å². The Bertz CT molecular complexity index is 699. The van der Waals surface area contributed by atoms with Gasteiger partial charge in [-0.3, -0.25) is 4.99 Å². The largest absolute Gasteiger partial charge is 0.339 e. The van der Waals surface area contributed by atoms with Gasteiger partial charge in [0.2, 0.25) is 5.96 Å². The Hall–Kier alpha value is -1.31. The van der Waals surface area contributed by atoms with Crippen LogP contribution in [0.4, 0.5) is 0 Å². The zero-order chi connectivity index (χ0) is 16.4. The molecule has 2 heterocycles. The van der Waals surface area contributed by atoms with Gasteiger partial charge in [0.15, 0.2) is 0 Å². The van der Waals surface area contributed by atoms with Gasteiger partial charge in [0, 0.05) is 26.2 Å². The third-order valence-electron chi connectivity index (χ3n) is 4.29. The maximum absolute atomic E-state index is 13.0. The molecule has 1 aromatic carbocycles. The van der Waals surface area contributed by atoms with Crippen molar-refractivity contribution in [3.63, 3.8) is 0 Å². The van der Waals surface area contributed by atoms with Gasteiger partial charge in [-0.05, 0) is 18.7 Å². The van der Waals surface area contributed by atoms with E-state index in [4.69, 9.17) is 11.6 Å². The standard InChI is InChI=1S/C15H21ClN4O2S/c1-2-18-9-11-19(12-10-18)15-17-7-8-20(15)23(21,22)14-6-4-3-5-13(14)16/h3-6H,2,7-12H2,1H3. The molecule has 0 bridgehead atoms. The van der Waals surface area contributed by atoms with Crippen molar-refractivity contribution in [2.75, 3.05) is 45.8 Å². The predicted molar refractivity (Wildman–Crippen MR) is 91.3 cm³/mol. The van der Waals surface area contributed by atoms with Gasteiger partial charge in [0.1, 0.15) is 4.90 Å². The third kappa shape index (κ3) is 3.18. The van der Waals surface area contributed by atoms with E-state index in [2.05, 4.69) is 21.7 Å². The monoisotopic (exact) mass is 356 g/mol. The van der Waals surface area contributed by atoms with Gasteiger partial charge in [-0.2, -0.15) is 0 Å². The molecule has 2 aliphatic heterocycles. The van der Waals surface area contributed by atoms with Gasteiger partial charge in [-0.15, -0.1) is 0 Å². The highest BCUT2D eigenvalue weighted by atomic mass is 35.5. The Morgan fingerprint density at radius 1 is 1.13 bits per heavy atom. The first-order chi connectivity index (χ1) is 11.0. The Kier molecular flexibility index (Phi) is 4.79. The van der Waals surface area contributed by atoms with E-state index in [-0.39, 0.29) is 9.92 Å². The highest BCUT2D eigenvalue weighted by Gasteiger charge is 2.35. The minimum atomic E-state index is -3.67. The molecule has 6 nitrogen and oxygen atoms in total. The van der Waals surface area contributed by atoms with Crippen LogP contribution in [0.15, 0.2) is 34.2 Å². The number of rotatable bonds is 3. The number of aliphatic imine (C=N–C) groups is 1. The van der Waals surface area contributed by atoms with Crippen LogP contribution >= 0.6 is 11.6 Å². The summed E-state index contributed by atoms with van der Waals surface area (Å²) < 4.78 is 27.3. The molecule has 0 spiro atoms. The second kappa shape index (κ2) is 6.67. The molecule has 2 aliphatic rings. The molecule has 1 saturated heterocycles. The number of guanidine groups is 1. The van der Waals surface area contributed by atoms with Crippen molar-refractivity contribution in [3.8, 4) is 0 Å². The highest BCUT2D eigenvalue weighted by Crippen LogP contribution is 2.26. The first kappa shape index (κ1) is 16.5. The third-order valence-corrected chi connectivity index (χ3v) is 6.57. The summed E-state index contributed by atoms with van der Waals surface area (Å²) in [4.78, 5) is 8.99. The highest BCUT2D eigenvalue weighted by molar-refractivity contribution is 7.89. The Morgan fingerprint density at radius 2 is 1.83 bits per heavy atom. The molecule has 0 aromatic heterocycles. The zero-order valence-corrected chi connectivity index (χ0v) is 14.7. The van der Waals surface area contributed by atoms with Crippen molar-refractivity contribution >= 4 is 27.6 Å². The van der Waals surface area contributed by atoms with E-state index in [1.165, 1.54) is 4.31 Å². The number of sulfonamides is 1. The van der Waals surface area contributed by atoms with Crippen LogP contribution in [0.5, 0.6) is 0 Å². The summed E-state index contributed by atoms with van der Waals surface area (Å²) >= 11 is 6.09. The molecule has 0 saturated carbocycles. The number of halogens is 1. The van der Waals surface area contributed by atoms with Crippen LogP contribution in [-0.4, -0.2) is 74.3 Å². The molecule has 8 heteroatoms. The topological polar surface area (TPSA) is 56.2 Å². The maximum Gasteiger partial charge on any atom is 0.268 e. The molecule has 126 valence electrons. The summed E-state index contributed by atoms with van der Waals surface area (Å²) in [5.74, 6) is 0.556. The molecule has 1 aromatic rings. The molecular weight excluding hydrogens is 336 g/mol. The van der Waals surface area contributed by atoms with E-state index in [1.807, 2.05) is 0 Å². The lowest BCUT2D eigenvalue weighted by Gasteiger charge is -2.37. The van der Waals surface area contributed by atoms with Crippen LogP contribution < -0.4 is 0 Å². The van der Waals surface area contributed by atoms with Gasteiger partial charge in [-0.1, -0.05) is 30.7 Å². The summed E-state index contributed by atoms with van der Waals surface area (Å²) in [6.45, 7) is 7.45.